The van der Waals surface area contributed by atoms with E-state index in [9.17, 15) is 13.2 Å². The van der Waals surface area contributed by atoms with Gasteiger partial charge in [0.2, 0.25) is 5.91 Å². The number of ether oxygens (including phenoxy) is 1. The van der Waals surface area contributed by atoms with Crippen molar-refractivity contribution in [3.8, 4) is 5.75 Å². The maximum absolute atomic E-state index is 12.6. The van der Waals surface area contributed by atoms with Crippen LogP contribution in [0.2, 0.25) is 0 Å². The molecule has 1 aliphatic rings. The highest BCUT2D eigenvalue weighted by Crippen LogP contribution is 2.19. The second kappa shape index (κ2) is 9.92. The lowest BCUT2D eigenvalue weighted by molar-refractivity contribution is -0.133. The van der Waals surface area contributed by atoms with Crippen molar-refractivity contribution in [3.63, 3.8) is 0 Å². The minimum Gasteiger partial charge on any atom is -0.383 e. The molecule has 0 aliphatic carbocycles. The van der Waals surface area contributed by atoms with E-state index in [0.29, 0.717) is 19.5 Å². The van der Waals surface area contributed by atoms with Gasteiger partial charge < -0.3 is 13.8 Å². The number of rotatable bonds is 10. The SMILES string of the molecule is CCCCCC(=O)N(Cc1ccc(OS(C)(=O)=O)cc1)CC1CCCO1. The van der Waals surface area contributed by atoms with Crippen LogP contribution in [0.5, 0.6) is 5.75 Å². The molecular formula is C19H29NO5S. The second-order valence-electron chi connectivity index (χ2n) is 6.80. The van der Waals surface area contributed by atoms with Crippen molar-refractivity contribution in [2.75, 3.05) is 19.4 Å². The van der Waals surface area contributed by atoms with E-state index in [1.54, 1.807) is 24.3 Å². The summed E-state index contributed by atoms with van der Waals surface area (Å²) >= 11 is 0. The van der Waals surface area contributed by atoms with E-state index in [0.717, 1.165) is 50.5 Å². The zero-order valence-corrected chi connectivity index (χ0v) is 16.5. The Balaban J connectivity index is 2.00. The number of benzene rings is 1. The molecule has 1 unspecified atom stereocenters. The van der Waals surface area contributed by atoms with Gasteiger partial charge in [-0.3, -0.25) is 4.79 Å². The second-order valence-corrected chi connectivity index (χ2v) is 8.37. The summed E-state index contributed by atoms with van der Waals surface area (Å²) in [7, 11) is -3.54. The summed E-state index contributed by atoms with van der Waals surface area (Å²) < 4.78 is 32.9. The van der Waals surface area contributed by atoms with Crippen LogP contribution in [0.1, 0.15) is 51.0 Å². The number of amides is 1. The minimum absolute atomic E-state index is 0.109. The Morgan fingerprint density at radius 3 is 2.58 bits per heavy atom. The molecule has 0 saturated carbocycles. The van der Waals surface area contributed by atoms with Crippen LogP contribution in [-0.4, -0.2) is 44.7 Å². The minimum atomic E-state index is -3.54. The van der Waals surface area contributed by atoms with Gasteiger partial charge in [-0.1, -0.05) is 31.9 Å². The van der Waals surface area contributed by atoms with Crippen LogP contribution in [0.25, 0.3) is 0 Å². The highest BCUT2D eigenvalue weighted by atomic mass is 32.2. The molecule has 1 amide bonds. The van der Waals surface area contributed by atoms with E-state index in [1.165, 1.54) is 0 Å². The molecule has 0 radical (unpaired) electrons. The highest BCUT2D eigenvalue weighted by molar-refractivity contribution is 7.86. The first-order chi connectivity index (χ1) is 12.4. The van der Waals surface area contributed by atoms with Crippen molar-refractivity contribution in [2.24, 2.45) is 0 Å². The summed E-state index contributed by atoms with van der Waals surface area (Å²) in [6.07, 6.45) is 6.74. The first kappa shape index (κ1) is 20.7. The molecule has 0 spiro atoms. The molecular weight excluding hydrogens is 354 g/mol. The molecule has 146 valence electrons. The van der Waals surface area contributed by atoms with Crippen LogP contribution < -0.4 is 4.18 Å². The lowest BCUT2D eigenvalue weighted by atomic mass is 10.1. The standard InChI is InChI=1S/C19H29NO5S/c1-3-4-5-8-19(21)20(15-18-7-6-13-24-18)14-16-9-11-17(12-10-16)25-26(2,22)23/h9-12,18H,3-8,13-15H2,1-2H3. The smallest absolute Gasteiger partial charge is 0.306 e. The van der Waals surface area contributed by atoms with E-state index in [1.807, 2.05) is 4.90 Å². The van der Waals surface area contributed by atoms with Crippen molar-refractivity contribution < 1.29 is 22.1 Å². The number of unbranched alkanes of at least 4 members (excludes halogenated alkanes) is 2. The average molecular weight is 384 g/mol. The largest absolute Gasteiger partial charge is 0.383 e. The van der Waals surface area contributed by atoms with Gasteiger partial charge in [0.05, 0.1) is 12.4 Å². The zero-order valence-electron chi connectivity index (χ0n) is 15.6. The van der Waals surface area contributed by atoms with Crippen molar-refractivity contribution in [1.82, 2.24) is 4.90 Å². The van der Waals surface area contributed by atoms with E-state index in [-0.39, 0.29) is 17.8 Å². The number of nitrogens with zero attached hydrogens (tertiary/aromatic N) is 1. The van der Waals surface area contributed by atoms with E-state index >= 15 is 0 Å². The molecule has 2 rings (SSSR count). The van der Waals surface area contributed by atoms with Gasteiger partial charge >= 0.3 is 10.1 Å². The summed E-state index contributed by atoms with van der Waals surface area (Å²) in [4.78, 5) is 14.5. The number of carbonyl (C=O) groups is 1. The van der Waals surface area contributed by atoms with Gasteiger partial charge in [0, 0.05) is 26.1 Å². The number of carbonyl (C=O) groups excluding carboxylic acids is 1. The van der Waals surface area contributed by atoms with Crippen molar-refractivity contribution >= 4 is 16.0 Å². The Labute approximate surface area is 156 Å². The Kier molecular flexibility index (Phi) is 7.90. The normalized spacial score (nSPS) is 17.2. The number of hydrogen-bond donors (Lipinski definition) is 0. The topological polar surface area (TPSA) is 72.9 Å². The van der Waals surface area contributed by atoms with E-state index in [4.69, 9.17) is 8.92 Å². The van der Waals surface area contributed by atoms with Crippen LogP contribution in [0.3, 0.4) is 0 Å². The quantitative estimate of drug-likeness (QED) is 0.458. The van der Waals surface area contributed by atoms with Crippen LogP contribution >= 0.6 is 0 Å². The molecule has 6 nitrogen and oxygen atoms in total. The Morgan fingerprint density at radius 2 is 2.00 bits per heavy atom. The van der Waals surface area contributed by atoms with Crippen LogP contribution in [-0.2, 0) is 26.2 Å². The third-order valence-corrected chi connectivity index (χ3v) is 4.83. The van der Waals surface area contributed by atoms with Crippen LogP contribution in [0.15, 0.2) is 24.3 Å². The lowest BCUT2D eigenvalue weighted by Crippen LogP contribution is -2.36. The molecule has 1 fully saturated rings. The Bertz CT molecular complexity index is 666. The van der Waals surface area contributed by atoms with E-state index < -0.39 is 10.1 Å². The van der Waals surface area contributed by atoms with Gasteiger partial charge in [-0.2, -0.15) is 8.42 Å². The molecule has 1 aromatic carbocycles. The predicted octanol–water partition coefficient (Wildman–Crippen LogP) is 3.11. The van der Waals surface area contributed by atoms with Gasteiger partial charge in [0.15, 0.2) is 0 Å². The maximum atomic E-state index is 12.6. The lowest BCUT2D eigenvalue weighted by Gasteiger charge is -2.26. The molecule has 1 heterocycles. The first-order valence-electron chi connectivity index (χ1n) is 9.25. The summed E-state index contributed by atoms with van der Waals surface area (Å²) in [6, 6.07) is 6.81. The van der Waals surface area contributed by atoms with Gasteiger partial charge in [-0.15, -0.1) is 0 Å². The molecule has 1 aliphatic heterocycles. The summed E-state index contributed by atoms with van der Waals surface area (Å²) in [6.45, 7) is 3.98. The molecule has 1 aromatic rings. The third kappa shape index (κ3) is 7.33. The summed E-state index contributed by atoms with van der Waals surface area (Å²) in [5, 5.41) is 0. The van der Waals surface area contributed by atoms with E-state index in [2.05, 4.69) is 6.92 Å². The molecule has 0 N–H and O–H groups in total. The van der Waals surface area contributed by atoms with Gasteiger partial charge in [0.25, 0.3) is 0 Å². The summed E-state index contributed by atoms with van der Waals surface area (Å²) in [5.41, 5.74) is 0.938. The fourth-order valence-corrected chi connectivity index (χ4v) is 3.48. The Hall–Kier alpha value is -1.60. The molecule has 0 aromatic heterocycles. The highest BCUT2D eigenvalue weighted by Gasteiger charge is 2.22. The molecule has 1 atom stereocenters. The molecule has 1 saturated heterocycles. The Morgan fingerprint density at radius 1 is 1.27 bits per heavy atom. The predicted molar refractivity (Wildman–Crippen MR) is 100 cm³/mol. The van der Waals surface area contributed by atoms with Crippen molar-refractivity contribution in [3.05, 3.63) is 29.8 Å². The number of hydrogen-bond acceptors (Lipinski definition) is 5. The molecule has 26 heavy (non-hydrogen) atoms. The molecule has 7 heteroatoms. The third-order valence-electron chi connectivity index (χ3n) is 4.34. The maximum Gasteiger partial charge on any atom is 0.306 e. The fraction of sp³-hybridized carbons (Fsp3) is 0.632. The molecule has 0 bridgehead atoms. The van der Waals surface area contributed by atoms with Gasteiger partial charge in [-0.25, -0.2) is 0 Å². The van der Waals surface area contributed by atoms with Gasteiger partial charge in [0.1, 0.15) is 5.75 Å². The van der Waals surface area contributed by atoms with Crippen LogP contribution in [0.4, 0.5) is 0 Å². The first-order valence-corrected chi connectivity index (χ1v) is 11.1. The summed E-state index contributed by atoms with van der Waals surface area (Å²) in [5.74, 6) is 0.418. The van der Waals surface area contributed by atoms with Crippen LogP contribution in [0, 0.1) is 0 Å². The zero-order chi connectivity index (χ0) is 19.0. The van der Waals surface area contributed by atoms with Crippen molar-refractivity contribution in [1.29, 1.82) is 0 Å². The van der Waals surface area contributed by atoms with Gasteiger partial charge in [-0.05, 0) is 37.0 Å². The van der Waals surface area contributed by atoms with Crippen molar-refractivity contribution in [2.45, 2.75) is 58.1 Å². The fourth-order valence-electron chi connectivity index (χ4n) is 3.02. The average Bonchev–Trinajstić information content (AvgIpc) is 3.08. The monoisotopic (exact) mass is 383 g/mol.